The topological polar surface area (TPSA) is 42.3 Å². The number of pyridine rings is 1. The van der Waals surface area contributed by atoms with Crippen molar-refractivity contribution in [2.24, 2.45) is 0 Å². The van der Waals surface area contributed by atoms with E-state index in [4.69, 9.17) is 4.74 Å². The van der Waals surface area contributed by atoms with Crippen molar-refractivity contribution in [2.75, 3.05) is 26.3 Å². The zero-order chi connectivity index (χ0) is 15.6. The van der Waals surface area contributed by atoms with Crippen molar-refractivity contribution >= 4 is 10.9 Å². The van der Waals surface area contributed by atoms with E-state index < -0.39 is 0 Å². The minimum atomic E-state index is 0.247. The van der Waals surface area contributed by atoms with Gasteiger partial charge in [-0.1, -0.05) is 24.3 Å². The molecular weight excluding hydrogens is 286 g/mol. The number of para-hydroxylation sites is 1. The molecule has 4 nitrogen and oxygen atoms in total. The van der Waals surface area contributed by atoms with Crippen LogP contribution in [0, 0.1) is 6.92 Å². The third kappa shape index (κ3) is 2.64. The number of hydrogen-bond acceptors (Lipinski definition) is 2. The number of benzene rings is 1. The van der Waals surface area contributed by atoms with Crippen molar-refractivity contribution in [1.29, 1.82) is 0 Å². The standard InChI is InChI=1S/C19H21N3O/c1-14-18(15-6-2-3-7-16(15)21-14)19(17-8-4-5-9-20-17)22-10-12-23-13-11-22/h2-9,19,21H,10-13H2,1H3/p+1/t19-/m1/s1. The summed E-state index contributed by atoms with van der Waals surface area (Å²) < 4.78 is 5.57. The fourth-order valence-electron chi connectivity index (χ4n) is 3.70. The molecule has 1 aliphatic heterocycles. The van der Waals surface area contributed by atoms with E-state index in [1.54, 1.807) is 0 Å². The van der Waals surface area contributed by atoms with Crippen LogP contribution in [0.25, 0.3) is 10.9 Å². The van der Waals surface area contributed by atoms with Gasteiger partial charge in [0.1, 0.15) is 18.8 Å². The van der Waals surface area contributed by atoms with Crippen LogP contribution in [0.5, 0.6) is 0 Å². The molecule has 0 spiro atoms. The molecule has 0 aliphatic carbocycles. The number of nitrogens with zero attached hydrogens (tertiary/aromatic N) is 1. The predicted molar refractivity (Wildman–Crippen MR) is 90.6 cm³/mol. The number of aromatic nitrogens is 2. The first-order valence-corrected chi connectivity index (χ1v) is 8.25. The summed E-state index contributed by atoms with van der Waals surface area (Å²) in [7, 11) is 0. The molecular formula is C19H22N3O+. The second-order valence-electron chi connectivity index (χ2n) is 6.17. The van der Waals surface area contributed by atoms with Crippen LogP contribution < -0.4 is 4.90 Å². The van der Waals surface area contributed by atoms with Crippen LogP contribution in [0.2, 0.25) is 0 Å². The molecule has 3 heterocycles. The molecule has 2 aromatic heterocycles. The van der Waals surface area contributed by atoms with E-state index >= 15 is 0 Å². The third-order valence-corrected chi connectivity index (χ3v) is 4.76. The average molecular weight is 308 g/mol. The Bertz CT molecular complexity index is 791. The van der Waals surface area contributed by atoms with Crippen LogP contribution in [-0.2, 0) is 4.74 Å². The summed E-state index contributed by atoms with van der Waals surface area (Å²) in [5.74, 6) is 0. The van der Waals surface area contributed by atoms with Gasteiger partial charge in [0.2, 0.25) is 0 Å². The second kappa shape index (κ2) is 6.14. The van der Waals surface area contributed by atoms with Crippen LogP contribution in [0.1, 0.15) is 23.0 Å². The Labute approximate surface area is 136 Å². The lowest BCUT2D eigenvalue weighted by atomic mass is 9.97. The lowest BCUT2D eigenvalue weighted by Gasteiger charge is -2.31. The van der Waals surface area contributed by atoms with Crippen molar-refractivity contribution in [3.8, 4) is 0 Å². The number of aryl methyl sites for hydroxylation is 1. The van der Waals surface area contributed by atoms with Crippen molar-refractivity contribution in [3.63, 3.8) is 0 Å². The lowest BCUT2D eigenvalue weighted by Crippen LogP contribution is -3.14. The molecule has 23 heavy (non-hydrogen) atoms. The number of quaternary nitrogens is 1. The molecule has 4 rings (SSSR count). The molecule has 4 heteroatoms. The normalized spacial score (nSPS) is 17.4. The highest BCUT2D eigenvalue weighted by atomic mass is 16.5. The Hall–Kier alpha value is -2.17. The molecule has 0 bridgehead atoms. The molecule has 118 valence electrons. The fraction of sp³-hybridized carbons (Fsp3) is 0.316. The summed E-state index contributed by atoms with van der Waals surface area (Å²) in [6.07, 6.45) is 1.90. The zero-order valence-electron chi connectivity index (χ0n) is 13.4. The SMILES string of the molecule is Cc1[nH]c2ccccc2c1[C@@H](c1ccccn1)[NH+]1CCOCC1. The minimum absolute atomic E-state index is 0.247. The van der Waals surface area contributed by atoms with E-state index in [1.807, 2.05) is 12.3 Å². The molecule has 0 unspecified atom stereocenters. The molecule has 1 atom stereocenters. The number of fused-ring (bicyclic) bond motifs is 1. The quantitative estimate of drug-likeness (QED) is 0.776. The van der Waals surface area contributed by atoms with Gasteiger partial charge in [0.15, 0.2) is 6.04 Å². The number of rotatable bonds is 3. The third-order valence-electron chi connectivity index (χ3n) is 4.76. The summed E-state index contributed by atoms with van der Waals surface area (Å²) in [6, 6.07) is 15.0. The van der Waals surface area contributed by atoms with Gasteiger partial charge < -0.3 is 14.6 Å². The maximum atomic E-state index is 5.57. The smallest absolute Gasteiger partial charge is 0.158 e. The number of nitrogens with one attached hydrogen (secondary N) is 2. The van der Waals surface area contributed by atoms with Gasteiger partial charge in [-0.15, -0.1) is 0 Å². The molecule has 3 aromatic rings. The van der Waals surface area contributed by atoms with E-state index in [-0.39, 0.29) is 6.04 Å². The van der Waals surface area contributed by atoms with E-state index in [0.29, 0.717) is 0 Å². The Morgan fingerprint density at radius 2 is 1.87 bits per heavy atom. The number of morpholine rings is 1. The molecule has 0 radical (unpaired) electrons. The molecule has 1 saturated heterocycles. The Kier molecular flexibility index (Phi) is 3.85. The van der Waals surface area contributed by atoms with E-state index in [0.717, 1.165) is 32.0 Å². The second-order valence-corrected chi connectivity index (χ2v) is 6.17. The van der Waals surface area contributed by atoms with Gasteiger partial charge in [-0.25, -0.2) is 0 Å². The number of hydrogen-bond donors (Lipinski definition) is 2. The maximum absolute atomic E-state index is 5.57. The number of aromatic amines is 1. The molecule has 0 saturated carbocycles. The molecule has 2 N–H and O–H groups in total. The minimum Gasteiger partial charge on any atom is -0.370 e. The van der Waals surface area contributed by atoms with E-state index in [1.165, 1.54) is 27.1 Å². The monoisotopic (exact) mass is 308 g/mol. The lowest BCUT2D eigenvalue weighted by molar-refractivity contribution is -0.933. The van der Waals surface area contributed by atoms with Gasteiger partial charge in [-0.3, -0.25) is 4.98 Å². The van der Waals surface area contributed by atoms with Crippen molar-refractivity contribution in [3.05, 3.63) is 65.6 Å². The van der Waals surface area contributed by atoms with Crippen molar-refractivity contribution in [1.82, 2.24) is 9.97 Å². The molecule has 1 fully saturated rings. The predicted octanol–water partition coefficient (Wildman–Crippen LogP) is 1.88. The van der Waals surface area contributed by atoms with Crippen LogP contribution in [0.15, 0.2) is 48.7 Å². The fourth-order valence-corrected chi connectivity index (χ4v) is 3.70. The van der Waals surface area contributed by atoms with E-state index in [9.17, 15) is 0 Å². The molecule has 1 aromatic carbocycles. The summed E-state index contributed by atoms with van der Waals surface area (Å²) in [6.45, 7) is 5.84. The van der Waals surface area contributed by atoms with E-state index in [2.05, 4.69) is 53.3 Å². The number of H-pyrrole nitrogens is 1. The zero-order valence-corrected chi connectivity index (χ0v) is 13.4. The van der Waals surface area contributed by atoms with Crippen LogP contribution >= 0.6 is 0 Å². The van der Waals surface area contributed by atoms with Gasteiger partial charge >= 0.3 is 0 Å². The summed E-state index contributed by atoms with van der Waals surface area (Å²) >= 11 is 0. The van der Waals surface area contributed by atoms with Gasteiger partial charge in [0, 0.05) is 28.4 Å². The van der Waals surface area contributed by atoms with Crippen molar-refractivity contribution < 1.29 is 9.64 Å². The first-order chi connectivity index (χ1) is 11.3. The maximum Gasteiger partial charge on any atom is 0.158 e. The van der Waals surface area contributed by atoms with Gasteiger partial charge in [-0.05, 0) is 25.1 Å². The van der Waals surface area contributed by atoms with Crippen LogP contribution in [-0.4, -0.2) is 36.3 Å². The van der Waals surface area contributed by atoms with Crippen LogP contribution in [0.3, 0.4) is 0 Å². The van der Waals surface area contributed by atoms with Crippen LogP contribution in [0.4, 0.5) is 0 Å². The Morgan fingerprint density at radius 1 is 1.09 bits per heavy atom. The average Bonchev–Trinajstić information content (AvgIpc) is 2.94. The first-order valence-electron chi connectivity index (χ1n) is 8.25. The largest absolute Gasteiger partial charge is 0.370 e. The van der Waals surface area contributed by atoms with Gasteiger partial charge in [0.05, 0.1) is 13.2 Å². The highest BCUT2D eigenvalue weighted by Crippen LogP contribution is 2.29. The molecule has 0 amide bonds. The Morgan fingerprint density at radius 3 is 2.65 bits per heavy atom. The summed E-state index contributed by atoms with van der Waals surface area (Å²) in [4.78, 5) is 9.76. The van der Waals surface area contributed by atoms with Crippen molar-refractivity contribution in [2.45, 2.75) is 13.0 Å². The van der Waals surface area contributed by atoms with Gasteiger partial charge in [-0.2, -0.15) is 0 Å². The summed E-state index contributed by atoms with van der Waals surface area (Å²) in [5.41, 5.74) is 4.95. The Balaban J connectivity index is 1.88. The number of ether oxygens (including phenoxy) is 1. The highest BCUT2D eigenvalue weighted by molar-refractivity contribution is 5.85. The van der Waals surface area contributed by atoms with Gasteiger partial charge in [0.25, 0.3) is 0 Å². The first kappa shape index (κ1) is 14.4. The molecule has 1 aliphatic rings. The summed E-state index contributed by atoms with van der Waals surface area (Å²) in [5, 5.41) is 1.31. The highest BCUT2D eigenvalue weighted by Gasteiger charge is 2.32.